The third kappa shape index (κ3) is 6.25. The van der Waals surface area contributed by atoms with Crippen LogP contribution in [0.2, 0.25) is 0 Å². The molecule has 35 heavy (non-hydrogen) atoms. The highest BCUT2D eigenvalue weighted by Gasteiger charge is 2.18. The van der Waals surface area contributed by atoms with E-state index in [0.717, 1.165) is 5.56 Å². The highest BCUT2D eigenvalue weighted by atomic mass is 16.5. The zero-order valence-electron chi connectivity index (χ0n) is 21.4. The van der Waals surface area contributed by atoms with E-state index in [2.05, 4.69) is 69.4 Å². The Kier molecular flexibility index (Phi) is 9.39. The summed E-state index contributed by atoms with van der Waals surface area (Å²) in [5.74, 6) is 1.12. The van der Waals surface area contributed by atoms with E-state index in [9.17, 15) is 0 Å². The molecule has 5 rings (SSSR count). The van der Waals surface area contributed by atoms with Gasteiger partial charge in [0.05, 0.1) is 6.04 Å². The average Bonchev–Trinajstić information content (AvgIpc) is 3.52. The molecule has 2 heterocycles. The van der Waals surface area contributed by atoms with E-state index in [1.807, 2.05) is 65.1 Å². The van der Waals surface area contributed by atoms with E-state index in [-0.39, 0.29) is 6.04 Å². The van der Waals surface area contributed by atoms with Crippen LogP contribution in [0.3, 0.4) is 0 Å². The second kappa shape index (κ2) is 12.7. The minimum absolute atomic E-state index is 0.340. The van der Waals surface area contributed by atoms with Gasteiger partial charge in [0.25, 0.3) is 0 Å². The van der Waals surface area contributed by atoms with Crippen LogP contribution in [0.1, 0.15) is 56.6 Å². The third-order valence-corrected chi connectivity index (χ3v) is 5.64. The summed E-state index contributed by atoms with van der Waals surface area (Å²) in [5, 5.41) is 5.36. The van der Waals surface area contributed by atoms with Crippen LogP contribution >= 0.6 is 0 Å². The maximum atomic E-state index is 6.41. The normalized spacial score (nSPS) is 11.3. The molecule has 2 aromatic heterocycles. The smallest absolute Gasteiger partial charge is 0.243 e. The molecule has 0 radical (unpaired) electrons. The van der Waals surface area contributed by atoms with Gasteiger partial charge in [-0.05, 0) is 34.7 Å². The largest absolute Gasteiger partial charge is 0.350 e. The number of benzene rings is 3. The predicted molar refractivity (Wildman–Crippen MR) is 145 cm³/mol. The highest BCUT2D eigenvalue weighted by Crippen LogP contribution is 2.25. The second-order valence-electron chi connectivity index (χ2n) is 7.88. The number of hydrogen-bond donors (Lipinski definition) is 1. The van der Waals surface area contributed by atoms with Crippen LogP contribution in [-0.2, 0) is 19.9 Å². The number of nitrogens with zero attached hydrogens (tertiary/aromatic N) is 3. The summed E-state index contributed by atoms with van der Waals surface area (Å²) < 4.78 is 7.61. The molecule has 182 valence electrons. The summed E-state index contributed by atoms with van der Waals surface area (Å²) in [6.07, 6.45) is 3.38. The first-order valence-electron chi connectivity index (χ1n) is 12.4. The van der Waals surface area contributed by atoms with Crippen molar-refractivity contribution in [3.8, 4) is 11.1 Å². The quantitative estimate of drug-likeness (QED) is 0.288. The Morgan fingerprint density at radius 3 is 2.17 bits per heavy atom. The number of nitrogens with two attached hydrogens (primary N) is 1. The van der Waals surface area contributed by atoms with Gasteiger partial charge >= 0.3 is 0 Å². The van der Waals surface area contributed by atoms with Gasteiger partial charge in [0.1, 0.15) is 0 Å². The number of rotatable bonds is 6. The van der Waals surface area contributed by atoms with Crippen LogP contribution in [0.5, 0.6) is 0 Å². The van der Waals surface area contributed by atoms with E-state index in [1.165, 1.54) is 27.6 Å². The maximum Gasteiger partial charge on any atom is 0.243 e. The van der Waals surface area contributed by atoms with Crippen LogP contribution in [0, 0.1) is 0 Å². The molecule has 0 aliphatic rings. The SMILES string of the molecule is CC.CC.Cn1cc(CC(N)c2nc(Cc3ccc(-c4ccccc4)cc3)no2)c2ccccc21. The fourth-order valence-corrected chi connectivity index (χ4v) is 4.03. The lowest BCUT2D eigenvalue weighted by atomic mass is 10.0. The van der Waals surface area contributed by atoms with Gasteiger partial charge in [-0.2, -0.15) is 4.98 Å². The van der Waals surface area contributed by atoms with Crippen molar-refractivity contribution in [2.75, 3.05) is 0 Å². The monoisotopic (exact) mass is 468 g/mol. The molecule has 0 saturated heterocycles. The Bertz CT molecular complexity index is 1300. The van der Waals surface area contributed by atoms with E-state index in [1.54, 1.807) is 0 Å². The minimum Gasteiger partial charge on any atom is -0.350 e. The Balaban J connectivity index is 0.000000815. The average molecular weight is 469 g/mol. The fraction of sp³-hybridized carbons (Fsp3) is 0.267. The molecule has 0 bridgehead atoms. The first-order valence-corrected chi connectivity index (χ1v) is 12.4. The van der Waals surface area contributed by atoms with Gasteiger partial charge in [0.15, 0.2) is 5.82 Å². The molecule has 2 N–H and O–H groups in total. The lowest BCUT2D eigenvalue weighted by molar-refractivity contribution is 0.351. The molecule has 0 aliphatic heterocycles. The zero-order chi connectivity index (χ0) is 25.2. The molecule has 5 nitrogen and oxygen atoms in total. The lowest BCUT2D eigenvalue weighted by Crippen LogP contribution is -2.13. The summed E-state index contributed by atoms with van der Waals surface area (Å²) in [6.45, 7) is 8.00. The van der Waals surface area contributed by atoms with Gasteiger partial charge < -0.3 is 14.8 Å². The lowest BCUT2D eigenvalue weighted by Gasteiger charge is -2.05. The summed E-state index contributed by atoms with van der Waals surface area (Å²) in [5.41, 5.74) is 12.3. The molecule has 5 heteroatoms. The zero-order valence-corrected chi connectivity index (χ0v) is 21.4. The Hall–Kier alpha value is -3.70. The van der Waals surface area contributed by atoms with Crippen LogP contribution < -0.4 is 5.73 Å². The van der Waals surface area contributed by atoms with Crippen molar-refractivity contribution >= 4 is 10.9 Å². The standard InChI is InChI=1S/C26H24N4O.2C2H6/c1-30-17-21(22-9-5-6-10-24(22)30)16-23(27)26-28-25(29-31-26)15-18-11-13-20(14-12-18)19-7-3-2-4-8-19;2*1-2/h2-14,17,23H,15-16,27H2,1H3;2*1-2H3. The van der Waals surface area contributed by atoms with Crippen molar-refractivity contribution in [1.29, 1.82) is 0 Å². The molecule has 1 unspecified atom stereocenters. The summed E-state index contributed by atoms with van der Waals surface area (Å²) in [4.78, 5) is 4.56. The molecule has 1 atom stereocenters. The van der Waals surface area contributed by atoms with Gasteiger partial charge in [-0.15, -0.1) is 0 Å². The molecular weight excluding hydrogens is 432 g/mol. The van der Waals surface area contributed by atoms with Gasteiger partial charge in [-0.3, -0.25) is 0 Å². The van der Waals surface area contributed by atoms with Gasteiger partial charge in [0, 0.05) is 30.6 Å². The number of fused-ring (bicyclic) bond motifs is 1. The third-order valence-electron chi connectivity index (χ3n) is 5.64. The molecule has 5 aromatic rings. The van der Waals surface area contributed by atoms with Crippen molar-refractivity contribution in [3.05, 3.63) is 108 Å². The molecule has 0 amide bonds. The van der Waals surface area contributed by atoms with Crippen LogP contribution in [0.15, 0.2) is 89.6 Å². The minimum atomic E-state index is -0.340. The topological polar surface area (TPSA) is 69.9 Å². The van der Waals surface area contributed by atoms with Crippen LogP contribution in [0.4, 0.5) is 0 Å². The molecule has 0 aliphatic carbocycles. The first kappa shape index (κ1) is 25.9. The van der Waals surface area contributed by atoms with E-state index in [4.69, 9.17) is 10.3 Å². The number of aromatic nitrogens is 3. The van der Waals surface area contributed by atoms with Crippen molar-refractivity contribution in [2.24, 2.45) is 12.8 Å². The Morgan fingerprint density at radius 1 is 0.829 bits per heavy atom. The summed E-state index contributed by atoms with van der Waals surface area (Å²) in [7, 11) is 2.05. The predicted octanol–water partition coefficient (Wildman–Crippen LogP) is 7.11. The number of aryl methyl sites for hydroxylation is 1. The number of hydrogen-bond acceptors (Lipinski definition) is 4. The van der Waals surface area contributed by atoms with Crippen molar-refractivity contribution < 1.29 is 4.52 Å². The van der Waals surface area contributed by atoms with E-state index >= 15 is 0 Å². The summed E-state index contributed by atoms with van der Waals surface area (Å²) in [6, 6.07) is 26.8. The first-order chi connectivity index (χ1) is 17.2. The van der Waals surface area contributed by atoms with Gasteiger partial charge in [-0.25, -0.2) is 0 Å². The van der Waals surface area contributed by atoms with Gasteiger partial charge in [0.2, 0.25) is 5.89 Å². The summed E-state index contributed by atoms with van der Waals surface area (Å²) >= 11 is 0. The molecule has 0 fully saturated rings. The second-order valence-corrected chi connectivity index (χ2v) is 7.88. The van der Waals surface area contributed by atoms with E-state index in [0.29, 0.717) is 24.6 Å². The van der Waals surface area contributed by atoms with Crippen molar-refractivity contribution in [1.82, 2.24) is 14.7 Å². The van der Waals surface area contributed by atoms with Crippen LogP contribution in [-0.4, -0.2) is 14.7 Å². The Labute approximate surface area is 208 Å². The van der Waals surface area contributed by atoms with Crippen molar-refractivity contribution in [3.63, 3.8) is 0 Å². The van der Waals surface area contributed by atoms with Crippen molar-refractivity contribution in [2.45, 2.75) is 46.6 Å². The molecule has 0 spiro atoms. The fourth-order valence-electron chi connectivity index (χ4n) is 4.03. The van der Waals surface area contributed by atoms with Gasteiger partial charge in [-0.1, -0.05) is 106 Å². The highest BCUT2D eigenvalue weighted by molar-refractivity contribution is 5.83. The molecule has 0 saturated carbocycles. The molecule has 3 aromatic carbocycles. The molecular formula is C30H36N4O. The number of para-hydroxylation sites is 1. The van der Waals surface area contributed by atoms with E-state index < -0.39 is 0 Å². The Morgan fingerprint density at radius 2 is 1.46 bits per heavy atom. The van der Waals surface area contributed by atoms with Crippen LogP contribution in [0.25, 0.3) is 22.0 Å². The maximum absolute atomic E-state index is 6.41.